The minimum absolute atomic E-state index is 0.181. The number of nitrogens with one attached hydrogen (secondary N) is 3. The third-order valence-electron chi connectivity index (χ3n) is 4.88. The lowest BCUT2D eigenvalue weighted by Gasteiger charge is -2.20. The van der Waals surface area contributed by atoms with E-state index in [-0.39, 0.29) is 17.6 Å². The number of hydrogen-bond donors (Lipinski definition) is 3. The molecule has 0 bridgehead atoms. The number of para-hydroxylation sites is 1. The number of benzene rings is 2. The fourth-order valence-corrected chi connectivity index (χ4v) is 4.53. The van der Waals surface area contributed by atoms with E-state index in [4.69, 9.17) is 0 Å². The van der Waals surface area contributed by atoms with E-state index in [1.165, 1.54) is 0 Å². The summed E-state index contributed by atoms with van der Waals surface area (Å²) >= 11 is 0. The van der Waals surface area contributed by atoms with E-state index in [9.17, 15) is 13.2 Å². The van der Waals surface area contributed by atoms with Gasteiger partial charge in [-0.25, -0.2) is 22.9 Å². The maximum atomic E-state index is 12.6. The largest absolute Gasteiger partial charge is 0.342 e. The molecule has 2 aromatic carbocycles. The van der Waals surface area contributed by atoms with Crippen molar-refractivity contribution in [3.05, 3.63) is 58.9 Å². The molecule has 0 spiro atoms. The molecule has 0 radical (unpaired) electrons. The Morgan fingerprint density at radius 1 is 1.07 bits per heavy atom. The number of aromatic nitrogens is 2. The van der Waals surface area contributed by atoms with Crippen LogP contribution in [-0.2, 0) is 15.8 Å². The summed E-state index contributed by atoms with van der Waals surface area (Å²) in [6, 6.07) is 10.3. The zero-order chi connectivity index (χ0) is 22.1. The smallest absolute Gasteiger partial charge is 0.332 e. The van der Waals surface area contributed by atoms with Crippen molar-refractivity contribution < 1.29 is 13.2 Å². The highest BCUT2D eigenvalue weighted by molar-refractivity contribution is 7.89. The summed E-state index contributed by atoms with van der Waals surface area (Å²) in [5, 5.41) is 2.77. The Morgan fingerprint density at radius 2 is 1.70 bits per heavy atom. The van der Waals surface area contributed by atoms with Crippen molar-refractivity contribution in [1.29, 1.82) is 0 Å². The lowest BCUT2D eigenvalue weighted by molar-refractivity contribution is 0.256. The van der Waals surface area contributed by atoms with Gasteiger partial charge in [0, 0.05) is 5.69 Å². The lowest BCUT2D eigenvalue weighted by Crippen LogP contribution is -2.35. The molecule has 0 saturated carbocycles. The van der Waals surface area contributed by atoms with Crippen LogP contribution in [0.25, 0.3) is 11.0 Å². The molecule has 7 nitrogen and oxygen atoms in total. The van der Waals surface area contributed by atoms with Gasteiger partial charge in [-0.1, -0.05) is 52.0 Å². The standard InChI is InChI=1S/C22H28N4O3S/c1-13(2)17-7-6-8-18(14(3)4)21(17)25-22(27)26-30(28,29)12-16-9-10-19-20(11-16)24-15(5)23-19/h6-11,13-14H,12H2,1-5H3,(H,23,24)(H2,25,26,27). The van der Waals surface area contributed by atoms with E-state index in [1.807, 2.05) is 52.8 Å². The van der Waals surface area contributed by atoms with Gasteiger partial charge in [-0.2, -0.15) is 0 Å². The number of aromatic amines is 1. The zero-order valence-electron chi connectivity index (χ0n) is 17.9. The van der Waals surface area contributed by atoms with Crippen LogP contribution in [0.4, 0.5) is 10.5 Å². The molecule has 0 atom stereocenters. The maximum absolute atomic E-state index is 12.6. The average molecular weight is 429 g/mol. The Hall–Kier alpha value is -2.87. The van der Waals surface area contributed by atoms with Gasteiger partial charge in [0.1, 0.15) is 5.82 Å². The van der Waals surface area contributed by atoms with Crippen LogP contribution in [0.15, 0.2) is 36.4 Å². The van der Waals surface area contributed by atoms with Crippen LogP contribution in [0.5, 0.6) is 0 Å². The highest BCUT2D eigenvalue weighted by Gasteiger charge is 2.20. The topological polar surface area (TPSA) is 104 Å². The van der Waals surface area contributed by atoms with Crippen molar-refractivity contribution in [2.45, 2.75) is 52.2 Å². The number of carbonyl (C=O) groups is 1. The van der Waals surface area contributed by atoms with Gasteiger partial charge in [0.15, 0.2) is 0 Å². The van der Waals surface area contributed by atoms with Gasteiger partial charge < -0.3 is 10.3 Å². The van der Waals surface area contributed by atoms with Crippen molar-refractivity contribution in [3.8, 4) is 0 Å². The van der Waals surface area contributed by atoms with Crippen LogP contribution in [0.3, 0.4) is 0 Å². The summed E-state index contributed by atoms with van der Waals surface area (Å²) in [5.74, 6) is 0.810. The van der Waals surface area contributed by atoms with Crippen LogP contribution < -0.4 is 10.0 Å². The van der Waals surface area contributed by atoms with Gasteiger partial charge in [-0.05, 0) is 47.6 Å². The Bertz CT molecular complexity index is 1150. The molecular formula is C22H28N4O3S. The minimum atomic E-state index is -3.88. The van der Waals surface area contributed by atoms with Crippen molar-refractivity contribution in [2.75, 3.05) is 5.32 Å². The molecule has 3 N–H and O–H groups in total. The van der Waals surface area contributed by atoms with Crippen LogP contribution in [0.2, 0.25) is 0 Å². The zero-order valence-corrected chi connectivity index (χ0v) is 18.7. The van der Waals surface area contributed by atoms with E-state index < -0.39 is 16.1 Å². The summed E-state index contributed by atoms with van der Waals surface area (Å²) in [6.45, 7) is 9.97. The van der Waals surface area contributed by atoms with Gasteiger partial charge in [0.25, 0.3) is 0 Å². The first-order valence-electron chi connectivity index (χ1n) is 9.95. The van der Waals surface area contributed by atoms with Crippen molar-refractivity contribution in [2.24, 2.45) is 0 Å². The van der Waals surface area contributed by atoms with E-state index >= 15 is 0 Å². The lowest BCUT2D eigenvalue weighted by atomic mass is 9.93. The highest BCUT2D eigenvalue weighted by Crippen LogP contribution is 2.32. The fraction of sp³-hybridized carbons (Fsp3) is 0.364. The molecule has 1 heterocycles. The number of fused-ring (bicyclic) bond motifs is 1. The third kappa shape index (κ3) is 4.99. The summed E-state index contributed by atoms with van der Waals surface area (Å²) in [4.78, 5) is 20.0. The fourth-order valence-electron chi connectivity index (χ4n) is 3.51. The molecule has 1 aromatic heterocycles. The molecular weight excluding hydrogens is 400 g/mol. The number of anilines is 1. The molecule has 0 unspecified atom stereocenters. The number of carbonyl (C=O) groups excluding carboxylic acids is 1. The van der Waals surface area contributed by atoms with E-state index in [2.05, 4.69) is 20.0 Å². The maximum Gasteiger partial charge on any atom is 0.332 e. The molecule has 0 aliphatic rings. The number of sulfonamides is 1. The van der Waals surface area contributed by atoms with Crippen molar-refractivity contribution in [1.82, 2.24) is 14.7 Å². The van der Waals surface area contributed by atoms with Gasteiger partial charge in [0.2, 0.25) is 10.0 Å². The number of H-pyrrole nitrogens is 1. The quantitative estimate of drug-likeness (QED) is 0.526. The molecule has 3 rings (SSSR count). The summed E-state index contributed by atoms with van der Waals surface area (Å²) in [7, 11) is -3.88. The normalized spacial score (nSPS) is 12.0. The molecule has 3 aromatic rings. The molecule has 0 saturated heterocycles. The van der Waals surface area contributed by atoms with Gasteiger partial charge in [0.05, 0.1) is 16.8 Å². The molecule has 0 aliphatic carbocycles. The molecule has 0 aliphatic heterocycles. The molecule has 30 heavy (non-hydrogen) atoms. The number of aryl methyl sites for hydroxylation is 1. The number of imidazole rings is 1. The molecule has 0 fully saturated rings. The first-order chi connectivity index (χ1) is 14.1. The van der Waals surface area contributed by atoms with Crippen LogP contribution in [0.1, 0.15) is 62.0 Å². The number of urea groups is 1. The van der Waals surface area contributed by atoms with Gasteiger partial charge >= 0.3 is 6.03 Å². The molecule has 2 amide bonds. The van der Waals surface area contributed by atoms with Crippen molar-refractivity contribution in [3.63, 3.8) is 0 Å². The van der Waals surface area contributed by atoms with Crippen LogP contribution in [0, 0.1) is 6.92 Å². The first-order valence-corrected chi connectivity index (χ1v) is 11.6. The monoisotopic (exact) mass is 428 g/mol. The van der Waals surface area contributed by atoms with Crippen LogP contribution in [-0.4, -0.2) is 24.4 Å². The predicted molar refractivity (Wildman–Crippen MR) is 120 cm³/mol. The highest BCUT2D eigenvalue weighted by atomic mass is 32.2. The Morgan fingerprint density at radius 3 is 2.30 bits per heavy atom. The Balaban J connectivity index is 1.78. The Kier molecular flexibility index (Phi) is 6.17. The summed E-state index contributed by atoms with van der Waals surface area (Å²) < 4.78 is 27.3. The van der Waals surface area contributed by atoms with E-state index in [0.29, 0.717) is 11.3 Å². The number of rotatable bonds is 6. The van der Waals surface area contributed by atoms with E-state index in [1.54, 1.807) is 18.2 Å². The number of amides is 2. The second-order valence-electron chi connectivity index (χ2n) is 8.11. The van der Waals surface area contributed by atoms with Crippen LogP contribution >= 0.6 is 0 Å². The Labute approximate surface area is 177 Å². The molecule has 8 heteroatoms. The second kappa shape index (κ2) is 8.47. The number of nitrogens with zero attached hydrogens (tertiary/aromatic N) is 1. The molecule has 160 valence electrons. The van der Waals surface area contributed by atoms with Gasteiger partial charge in [-0.3, -0.25) is 0 Å². The summed E-state index contributed by atoms with van der Waals surface area (Å²) in [6.07, 6.45) is 0. The average Bonchev–Trinajstić information content (AvgIpc) is 2.99. The van der Waals surface area contributed by atoms with Crippen molar-refractivity contribution >= 4 is 32.8 Å². The minimum Gasteiger partial charge on any atom is -0.342 e. The SMILES string of the molecule is Cc1nc2ccc(CS(=O)(=O)NC(=O)Nc3c(C(C)C)cccc3C(C)C)cc2[nH]1. The van der Waals surface area contributed by atoms with Gasteiger partial charge in [-0.15, -0.1) is 0 Å². The second-order valence-corrected chi connectivity index (χ2v) is 9.83. The number of hydrogen-bond acceptors (Lipinski definition) is 4. The van der Waals surface area contributed by atoms with E-state index in [0.717, 1.165) is 28.0 Å². The predicted octanol–water partition coefficient (Wildman–Crippen LogP) is 4.77. The summed E-state index contributed by atoms with van der Waals surface area (Å²) in [5.41, 5.74) is 4.70. The third-order valence-corrected chi connectivity index (χ3v) is 6.09. The first kappa shape index (κ1) is 21.8.